The Morgan fingerprint density at radius 1 is 1.06 bits per heavy atom. The van der Waals surface area contributed by atoms with Crippen LogP contribution in [-0.2, 0) is 19.2 Å². The van der Waals surface area contributed by atoms with Crippen molar-refractivity contribution in [2.24, 2.45) is 0 Å². The standard InChI is InChI=1S/C24H24F3NO4/c1-30-22-14-21(11-8-18(22)4-2-3-13-29)31-15-20-16-32-23(28-20)12-7-17-5-9-19(10-6-17)24(25,26)27/h5-12,14,16,29H,2-4,13,15H2,1H3/b12-7+. The summed E-state index contributed by atoms with van der Waals surface area (Å²) in [5, 5.41) is 8.92. The molecule has 5 nitrogen and oxygen atoms in total. The maximum atomic E-state index is 12.6. The number of oxazole rings is 1. The summed E-state index contributed by atoms with van der Waals surface area (Å²) >= 11 is 0. The highest BCUT2D eigenvalue weighted by molar-refractivity contribution is 5.66. The van der Waals surface area contributed by atoms with E-state index in [0.717, 1.165) is 42.7 Å². The maximum absolute atomic E-state index is 12.6. The van der Waals surface area contributed by atoms with Gasteiger partial charge in [0.05, 0.1) is 12.7 Å². The minimum atomic E-state index is -4.36. The van der Waals surface area contributed by atoms with Gasteiger partial charge in [-0.1, -0.05) is 18.2 Å². The van der Waals surface area contributed by atoms with Crippen LogP contribution >= 0.6 is 0 Å². The number of benzene rings is 2. The maximum Gasteiger partial charge on any atom is 0.416 e. The molecule has 0 saturated heterocycles. The number of ether oxygens (including phenoxy) is 2. The summed E-state index contributed by atoms with van der Waals surface area (Å²) in [6, 6.07) is 10.4. The Labute approximate surface area is 184 Å². The van der Waals surface area contributed by atoms with Crippen molar-refractivity contribution in [1.29, 1.82) is 0 Å². The fourth-order valence-corrected chi connectivity index (χ4v) is 3.02. The summed E-state index contributed by atoms with van der Waals surface area (Å²) in [6.45, 7) is 0.355. The molecule has 0 saturated carbocycles. The van der Waals surface area contributed by atoms with Crippen LogP contribution in [0.2, 0.25) is 0 Å². The number of hydrogen-bond donors (Lipinski definition) is 1. The van der Waals surface area contributed by atoms with E-state index in [0.29, 0.717) is 22.9 Å². The van der Waals surface area contributed by atoms with Crippen LogP contribution in [-0.4, -0.2) is 23.8 Å². The monoisotopic (exact) mass is 447 g/mol. The molecular weight excluding hydrogens is 423 g/mol. The van der Waals surface area contributed by atoms with E-state index < -0.39 is 11.7 Å². The third-order valence-corrected chi connectivity index (χ3v) is 4.73. The number of hydrogen-bond acceptors (Lipinski definition) is 5. The minimum Gasteiger partial charge on any atom is -0.496 e. The third-order valence-electron chi connectivity index (χ3n) is 4.73. The number of alkyl halides is 3. The lowest BCUT2D eigenvalue weighted by Gasteiger charge is -2.11. The van der Waals surface area contributed by atoms with E-state index in [1.807, 2.05) is 12.1 Å². The number of aromatic nitrogens is 1. The zero-order chi connectivity index (χ0) is 23.0. The molecule has 0 spiro atoms. The summed E-state index contributed by atoms with van der Waals surface area (Å²) in [5.74, 6) is 1.67. The molecule has 0 radical (unpaired) electrons. The van der Waals surface area contributed by atoms with Crippen LogP contribution in [0.25, 0.3) is 12.2 Å². The van der Waals surface area contributed by atoms with Crippen molar-refractivity contribution in [2.75, 3.05) is 13.7 Å². The van der Waals surface area contributed by atoms with Gasteiger partial charge < -0.3 is 19.0 Å². The second-order valence-corrected chi connectivity index (χ2v) is 7.07. The van der Waals surface area contributed by atoms with Gasteiger partial charge in [0.1, 0.15) is 30.1 Å². The van der Waals surface area contributed by atoms with Crippen molar-refractivity contribution >= 4 is 12.2 Å². The Morgan fingerprint density at radius 3 is 2.53 bits per heavy atom. The number of halogens is 3. The fourth-order valence-electron chi connectivity index (χ4n) is 3.02. The van der Waals surface area contributed by atoms with E-state index in [-0.39, 0.29) is 13.2 Å². The Bertz CT molecular complexity index is 1030. The van der Waals surface area contributed by atoms with E-state index in [1.54, 1.807) is 25.3 Å². The molecule has 0 aliphatic carbocycles. The molecule has 0 fully saturated rings. The number of rotatable bonds is 10. The molecule has 0 unspecified atom stereocenters. The van der Waals surface area contributed by atoms with Crippen LogP contribution in [0.3, 0.4) is 0 Å². The largest absolute Gasteiger partial charge is 0.496 e. The number of aliphatic hydroxyl groups excluding tert-OH is 1. The van der Waals surface area contributed by atoms with Gasteiger partial charge in [-0.2, -0.15) is 13.2 Å². The minimum absolute atomic E-state index is 0.169. The first-order valence-electron chi connectivity index (χ1n) is 10.1. The summed E-state index contributed by atoms with van der Waals surface area (Å²) < 4.78 is 54.4. The number of aryl methyl sites for hydroxylation is 1. The molecule has 32 heavy (non-hydrogen) atoms. The Hall–Kier alpha value is -3.26. The average Bonchev–Trinajstić information content (AvgIpc) is 3.24. The van der Waals surface area contributed by atoms with Gasteiger partial charge in [-0.15, -0.1) is 0 Å². The highest BCUT2D eigenvalue weighted by atomic mass is 19.4. The van der Waals surface area contributed by atoms with Crippen molar-refractivity contribution in [2.45, 2.75) is 32.0 Å². The molecule has 2 aromatic carbocycles. The fraction of sp³-hybridized carbons (Fsp3) is 0.292. The lowest BCUT2D eigenvalue weighted by Crippen LogP contribution is -2.03. The van der Waals surface area contributed by atoms with Crippen molar-refractivity contribution in [3.8, 4) is 11.5 Å². The van der Waals surface area contributed by atoms with Gasteiger partial charge in [-0.05, 0) is 54.7 Å². The summed E-state index contributed by atoms with van der Waals surface area (Å²) in [6.07, 6.45) is 2.73. The van der Waals surface area contributed by atoms with E-state index in [1.165, 1.54) is 18.4 Å². The lowest BCUT2D eigenvalue weighted by molar-refractivity contribution is -0.137. The summed E-state index contributed by atoms with van der Waals surface area (Å²) in [4.78, 5) is 4.29. The molecule has 170 valence electrons. The van der Waals surface area contributed by atoms with Crippen LogP contribution in [0.15, 0.2) is 53.1 Å². The molecule has 0 aliphatic heterocycles. The van der Waals surface area contributed by atoms with Crippen molar-refractivity contribution in [3.05, 3.63) is 77.0 Å². The van der Waals surface area contributed by atoms with E-state index in [2.05, 4.69) is 4.98 Å². The smallest absolute Gasteiger partial charge is 0.416 e. The van der Waals surface area contributed by atoms with Crippen molar-refractivity contribution in [1.82, 2.24) is 4.98 Å². The second-order valence-electron chi connectivity index (χ2n) is 7.07. The topological polar surface area (TPSA) is 64.7 Å². The lowest BCUT2D eigenvalue weighted by atomic mass is 10.1. The first kappa shape index (κ1) is 23.4. The van der Waals surface area contributed by atoms with Gasteiger partial charge in [0, 0.05) is 18.7 Å². The zero-order valence-electron chi connectivity index (χ0n) is 17.6. The van der Waals surface area contributed by atoms with Gasteiger partial charge in [-0.25, -0.2) is 4.98 Å². The molecule has 3 aromatic rings. The number of aliphatic hydroxyl groups is 1. The molecule has 1 aromatic heterocycles. The Morgan fingerprint density at radius 2 is 1.84 bits per heavy atom. The molecular formula is C24H24F3NO4. The third kappa shape index (κ3) is 6.62. The molecule has 1 N–H and O–H groups in total. The van der Waals surface area contributed by atoms with Crippen LogP contribution in [0.4, 0.5) is 13.2 Å². The van der Waals surface area contributed by atoms with E-state index in [9.17, 15) is 13.2 Å². The molecule has 3 rings (SSSR count). The zero-order valence-corrected chi connectivity index (χ0v) is 17.6. The normalized spacial score (nSPS) is 11.8. The predicted octanol–water partition coefficient (Wildman–Crippen LogP) is 5.77. The predicted molar refractivity (Wildman–Crippen MR) is 114 cm³/mol. The van der Waals surface area contributed by atoms with Gasteiger partial charge >= 0.3 is 6.18 Å². The molecule has 0 bridgehead atoms. The van der Waals surface area contributed by atoms with Crippen LogP contribution < -0.4 is 9.47 Å². The van der Waals surface area contributed by atoms with Gasteiger partial charge in [0.25, 0.3) is 0 Å². The van der Waals surface area contributed by atoms with Crippen molar-refractivity contribution < 1.29 is 32.2 Å². The van der Waals surface area contributed by atoms with Gasteiger partial charge in [0.2, 0.25) is 5.89 Å². The number of unbranched alkanes of at least 4 members (excludes halogenated alkanes) is 1. The highest BCUT2D eigenvalue weighted by Crippen LogP contribution is 2.29. The Balaban J connectivity index is 1.56. The summed E-state index contributed by atoms with van der Waals surface area (Å²) in [7, 11) is 1.60. The first-order chi connectivity index (χ1) is 15.4. The van der Waals surface area contributed by atoms with Gasteiger partial charge in [-0.3, -0.25) is 0 Å². The van der Waals surface area contributed by atoms with Crippen LogP contribution in [0.5, 0.6) is 11.5 Å². The van der Waals surface area contributed by atoms with Crippen LogP contribution in [0, 0.1) is 0 Å². The first-order valence-corrected chi connectivity index (χ1v) is 10.1. The molecule has 1 heterocycles. The quantitative estimate of drug-likeness (QED) is 0.400. The van der Waals surface area contributed by atoms with Gasteiger partial charge in [0.15, 0.2) is 0 Å². The molecule has 8 heteroatoms. The Kier molecular flexibility index (Phi) is 7.94. The number of methoxy groups -OCH3 is 1. The van der Waals surface area contributed by atoms with E-state index >= 15 is 0 Å². The molecule has 0 atom stereocenters. The van der Waals surface area contributed by atoms with Crippen molar-refractivity contribution in [3.63, 3.8) is 0 Å². The average molecular weight is 447 g/mol. The van der Waals surface area contributed by atoms with Crippen LogP contribution in [0.1, 0.15) is 41.1 Å². The second kappa shape index (κ2) is 10.9. The molecule has 0 aliphatic rings. The highest BCUT2D eigenvalue weighted by Gasteiger charge is 2.29. The molecule has 0 amide bonds. The van der Waals surface area contributed by atoms with E-state index in [4.69, 9.17) is 19.0 Å². The number of nitrogens with zero attached hydrogens (tertiary/aromatic N) is 1. The summed E-state index contributed by atoms with van der Waals surface area (Å²) in [5.41, 5.74) is 1.52. The SMILES string of the molecule is COc1cc(OCc2coc(/C=C/c3ccc(C(F)(F)F)cc3)n2)ccc1CCCCO.